The lowest BCUT2D eigenvalue weighted by atomic mass is 10.1. The molecule has 100 valence electrons. The van der Waals surface area contributed by atoms with E-state index < -0.39 is 19.4 Å². The molecule has 0 aliphatic carbocycles. The van der Waals surface area contributed by atoms with Crippen LogP contribution < -0.4 is 11.0 Å². The minimum absolute atomic E-state index is 0.156. The van der Waals surface area contributed by atoms with E-state index in [1.807, 2.05) is 0 Å². The molecule has 5 nitrogen and oxygen atoms in total. The largest absolute Gasteiger partial charge is 0.480 e. The Hall–Kier alpha value is -1.16. The maximum Gasteiger partial charge on any atom is 0.320 e. The molecule has 2 atom stereocenters. The summed E-state index contributed by atoms with van der Waals surface area (Å²) in [6.07, 6.45) is 1.50. The average molecular weight is 271 g/mol. The summed E-state index contributed by atoms with van der Waals surface area (Å²) in [6.45, 7) is 0. The highest BCUT2D eigenvalue weighted by Crippen LogP contribution is 2.40. The van der Waals surface area contributed by atoms with Crippen molar-refractivity contribution in [3.63, 3.8) is 0 Å². The summed E-state index contributed by atoms with van der Waals surface area (Å²) in [5, 5.41) is 9.03. The maximum absolute atomic E-state index is 12.0. The molecule has 0 aliphatic rings. The lowest BCUT2D eigenvalue weighted by molar-refractivity contribution is -0.138. The van der Waals surface area contributed by atoms with Crippen LogP contribution in [0.2, 0.25) is 0 Å². The fraction of sp³-hybridized carbons (Fsp3) is 0.417. The van der Waals surface area contributed by atoms with Gasteiger partial charge in [0.15, 0.2) is 0 Å². The molecule has 0 amide bonds. The van der Waals surface area contributed by atoms with Gasteiger partial charge in [0.05, 0.1) is 0 Å². The molecule has 6 heteroatoms. The van der Waals surface area contributed by atoms with Crippen molar-refractivity contribution in [1.82, 2.24) is 0 Å². The monoisotopic (exact) mass is 271 g/mol. The number of unbranched alkanes of at least 4 members (excludes halogenated alkanes) is 1. The van der Waals surface area contributed by atoms with E-state index in [-0.39, 0.29) is 6.16 Å². The van der Waals surface area contributed by atoms with Gasteiger partial charge in [0.1, 0.15) is 6.04 Å². The fourth-order valence-corrected chi connectivity index (χ4v) is 3.15. The maximum atomic E-state index is 12.0. The van der Waals surface area contributed by atoms with Crippen LogP contribution in [0.25, 0.3) is 0 Å². The van der Waals surface area contributed by atoms with Crippen LogP contribution in [0, 0.1) is 0 Å². The van der Waals surface area contributed by atoms with Gasteiger partial charge in [-0.15, -0.1) is 0 Å². The standard InChI is InChI=1S/C12H18NO4P/c13-11(12(14)15)8-4-5-9-18(16,17)10-6-2-1-3-7-10/h1-3,6-7,11H,4-5,8-9,13H2,(H,14,15)(H,16,17). The van der Waals surface area contributed by atoms with E-state index in [1.54, 1.807) is 30.3 Å². The number of nitrogens with two attached hydrogens (primary N) is 1. The van der Waals surface area contributed by atoms with Crippen molar-refractivity contribution in [3.05, 3.63) is 30.3 Å². The number of hydrogen-bond acceptors (Lipinski definition) is 3. The van der Waals surface area contributed by atoms with E-state index >= 15 is 0 Å². The Kier molecular flexibility index (Phi) is 5.54. The first-order valence-electron chi connectivity index (χ1n) is 5.79. The molecule has 0 aliphatic heterocycles. The Morgan fingerprint density at radius 3 is 2.44 bits per heavy atom. The summed E-state index contributed by atoms with van der Waals surface area (Å²) < 4.78 is 12.0. The van der Waals surface area contributed by atoms with E-state index in [1.165, 1.54) is 0 Å². The number of carboxylic acid groups (broad SMARTS) is 1. The smallest absolute Gasteiger partial charge is 0.320 e. The van der Waals surface area contributed by atoms with E-state index in [0.29, 0.717) is 24.6 Å². The molecule has 0 bridgehead atoms. The van der Waals surface area contributed by atoms with E-state index in [4.69, 9.17) is 10.8 Å². The van der Waals surface area contributed by atoms with Crippen molar-refractivity contribution in [2.24, 2.45) is 5.73 Å². The van der Waals surface area contributed by atoms with Crippen molar-refractivity contribution in [3.8, 4) is 0 Å². The molecule has 18 heavy (non-hydrogen) atoms. The van der Waals surface area contributed by atoms with Crippen LogP contribution in [0.1, 0.15) is 19.3 Å². The zero-order chi connectivity index (χ0) is 13.6. The first kappa shape index (κ1) is 14.9. The minimum atomic E-state index is -3.32. The van der Waals surface area contributed by atoms with Crippen LogP contribution in [0.5, 0.6) is 0 Å². The summed E-state index contributed by atoms with van der Waals surface area (Å²) in [4.78, 5) is 20.4. The van der Waals surface area contributed by atoms with Gasteiger partial charge in [-0.2, -0.15) is 0 Å². The lowest BCUT2D eigenvalue weighted by Crippen LogP contribution is -2.29. The second kappa shape index (κ2) is 6.69. The van der Waals surface area contributed by atoms with Gasteiger partial charge in [-0.25, -0.2) is 0 Å². The second-order valence-corrected chi connectivity index (χ2v) is 6.57. The quantitative estimate of drug-likeness (QED) is 0.510. The molecule has 0 fully saturated rings. The number of rotatable bonds is 7. The molecule has 1 aromatic carbocycles. The molecule has 0 heterocycles. The number of hydrogen-bond donors (Lipinski definition) is 3. The molecule has 0 saturated heterocycles. The van der Waals surface area contributed by atoms with Crippen molar-refractivity contribution in [2.45, 2.75) is 25.3 Å². The summed E-state index contributed by atoms with van der Waals surface area (Å²) in [5.74, 6) is -1.04. The van der Waals surface area contributed by atoms with Gasteiger partial charge in [0.25, 0.3) is 0 Å². The lowest BCUT2D eigenvalue weighted by Gasteiger charge is -2.12. The molecule has 2 unspecified atom stereocenters. The van der Waals surface area contributed by atoms with Crippen LogP contribution in [0.3, 0.4) is 0 Å². The van der Waals surface area contributed by atoms with E-state index in [9.17, 15) is 14.3 Å². The number of aliphatic carboxylic acids is 1. The molecule has 1 aromatic rings. The third kappa shape index (κ3) is 4.61. The molecular weight excluding hydrogens is 253 g/mol. The third-order valence-electron chi connectivity index (χ3n) is 2.70. The van der Waals surface area contributed by atoms with E-state index in [0.717, 1.165) is 0 Å². The minimum Gasteiger partial charge on any atom is -0.480 e. The summed E-state index contributed by atoms with van der Waals surface area (Å²) >= 11 is 0. The van der Waals surface area contributed by atoms with Crippen LogP contribution in [-0.4, -0.2) is 28.2 Å². The molecule has 0 spiro atoms. The van der Waals surface area contributed by atoms with Gasteiger partial charge in [-0.1, -0.05) is 24.6 Å². The molecule has 0 saturated carbocycles. The first-order valence-corrected chi connectivity index (χ1v) is 7.64. The highest BCUT2D eigenvalue weighted by Gasteiger charge is 2.20. The zero-order valence-corrected chi connectivity index (χ0v) is 10.9. The predicted octanol–water partition coefficient (Wildman–Crippen LogP) is 1.16. The third-order valence-corrected chi connectivity index (χ3v) is 4.73. The Morgan fingerprint density at radius 1 is 1.28 bits per heavy atom. The second-order valence-electron chi connectivity index (χ2n) is 4.20. The van der Waals surface area contributed by atoms with Crippen LogP contribution in [-0.2, 0) is 9.36 Å². The van der Waals surface area contributed by atoms with Crippen molar-refractivity contribution in [1.29, 1.82) is 0 Å². The predicted molar refractivity (Wildman–Crippen MR) is 70.2 cm³/mol. The fourth-order valence-electron chi connectivity index (χ4n) is 1.60. The average Bonchev–Trinajstić information content (AvgIpc) is 2.35. The van der Waals surface area contributed by atoms with E-state index in [2.05, 4.69) is 0 Å². The Bertz CT molecular complexity index is 435. The highest BCUT2D eigenvalue weighted by molar-refractivity contribution is 7.66. The highest BCUT2D eigenvalue weighted by atomic mass is 31.2. The number of carbonyl (C=O) groups is 1. The zero-order valence-electron chi connectivity index (χ0n) is 10.0. The Morgan fingerprint density at radius 2 is 1.89 bits per heavy atom. The van der Waals surface area contributed by atoms with Gasteiger partial charge in [0, 0.05) is 11.5 Å². The van der Waals surface area contributed by atoms with Crippen molar-refractivity contribution < 1.29 is 19.4 Å². The molecule has 1 rings (SSSR count). The number of carboxylic acids is 1. The van der Waals surface area contributed by atoms with Crippen LogP contribution >= 0.6 is 7.37 Å². The van der Waals surface area contributed by atoms with Gasteiger partial charge in [-0.05, 0) is 25.0 Å². The SMILES string of the molecule is NC(CCCCP(=O)(O)c1ccccc1)C(=O)O. The summed E-state index contributed by atoms with van der Waals surface area (Å²) in [7, 11) is -3.32. The van der Waals surface area contributed by atoms with Crippen molar-refractivity contribution >= 4 is 18.6 Å². The first-order chi connectivity index (χ1) is 8.43. The topological polar surface area (TPSA) is 101 Å². The molecular formula is C12H18NO4P. The normalized spacial score (nSPS) is 15.9. The summed E-state index contributed by atoms with van der Waals surface area (Å²) in [5.41, 5.74) is 5.35. The Labute approximate surface area is 106 Å². The van der Waals surface area contributed by atoms with Crippen molar-refractivity contribution in [2.75, 3.05) is 6.16 Å². The van der Waals surface area contributed by atoms with Gasteiger partial charge < -0.3 is 15.7 Å². The number of benzene rings is 1. The molecule has 0 radical (unpaired) electrons. The van der Waals surface area contributed by atoms with Gasteiger partial charge in [-0.3, -0.25) is 9.36 Å². The van der Waals surface area contributed by atoms with Gasteiger partial charge >= 0.3 is 5.97 Å². The van der Waals surface area contributed by atoms with Gasteiger partial charge in [0.2, 0.25) is 7.37 Å². The summed E-state index contributed by atoms with van der Waals surface area (Å²) in [6, 6.07) is 7.60. The molecule has 4 N–H and O–H groups in total. The molecule has 0 aromatic heterocycles. The van der Waals surface area contributed by atoms with Crippen LogP contribution in [0.4, 0.5) is 0 Å². The van der Waals surface area contributed by atoms with Crippen LogP contribution in [0.15, 0.2) is 30.3 Å². The Balaban J connectivity index is 2.39.